The topological polar surface area (TPSA) is 58.6 Å². The van der Waals surface area contributed by atoms with E-state index in [-0.39, 0.29) is 6.04 Å². The molecule has 2 atom stereocenters. The van der Waals surface area contributed by atoms with E-state index >= 15 is 0 Å². The maximum absolute atomic E-state index is 11.6. The highest BCUT2D eigenvalue weighted by Gasteiger charge is 2.22. The molecule has 2 N–H and O–H groups in total. The van der Waals surface area contributed by atoms with Gasteiger partial charge < -0.3 is 9.84 Å². The smallest absolute Gasteiger partial charge is 0.321 e. The molecule has 0 aliphatic heterocycles. The molecule has 4 heteroatoms. The number of nitrogens with one attached hydrogen (secondary N) is 1. The molecular formula is C19H23NO3. The average Bonchev–Trinajstić information content (AvgIpc) is 2.56. The molecule has 122 valence electrons. The van der Waals surface area contributed by atoms with Gasteiger partial charge in [0.15, 0.2) is 0 Å². The van der Waals surface area contributed by atoms with Crippen molar-refractivity contribution in [2.24, 2.45) is 0 Å². The second-order valence-corrected chi connectivity index (χ2v) is 5.59. The first-order chi connectivity index (χ1) is 11.2. The molecule has 0 amide bonds. The van der Waals surface area contributed by atoms with Crippen LogP contribution in [0.1, 0.15) is 11.1 Å². The van der Waals surface area contributed by atoms with Crippen molar-refractivity contribution in [1.82, 2.24) is 5.32 Å². The van der Waals surface area contributed by atoms with Crippen molar-refractivity contribution in [2.45, 2.75) is 24.9 Å². The molecule has 0 aliphatic carbocycles. The van der Waals surface area contributed by atoms with E-state index in [1.165, 1.54) is 0 Å². The number of methoxy groups -OCH3 is 1. The SMILES string of the molecule is COCC(Cc1ccccc1)N[C@@H](Cc1ccccc1)C(=O)O. The van der Waals surface area contributed by atoms with Crippen molar-refractivity contribution in [1.29, 1.82) is 0 Å². The third kappa shape index (κ3) is 5.85. The first-order valence-corrected chi connectivity index (χ1v) is 7.74. The van der Waals surface area contributed by atoms with Gasteiger partial charge in [-0.2, -0.15) is 0 Å². The molecule has 0 bridgehead atoms. The van der Waals surface area contributed by atoms with Crippen LogP contribution in [0.2, 0.25) is 0 Å². The van der Waals surface area contributed by atoms with Gasteiger partial charge in [0.05, 0.1) is 6.61 Å². The minimum atomic E-state index is -0.844. The van der Waals surface area contributed by atoms with Crippen LogP contribution in [0.5, 0.6) is 0 Å². The maximum Gasteiger partial charge on any atom is 0.321 e. The molecular weight excluding hydrogens is 290 g/mol. The molecule has 2 rings (SSSR count). The molecule has 0 heterocycles. The van der Waals surface area contributed by atoms with Gasteiger partial charge in [0, 0.05) is 13.2 Å². The molecule has 0 aromatic heterocycles. The minimum absolute atomic E-state index is 0.0489. The lowest BCUT2D eigenvalue weighted by Gasteiger charge is -2.23. The summed E-state index contributed by atoms with van der Waals surface area (Å²) in [5.41, 5.74) is 2.16. The Balaban J connectivity index is 2.03. The van der Waals surface area contributed by atoms with Gasteiger partial charge in [-0.3, -0.25) is 10.1 Å². The number of carboxylic acids is 1. The third-order valence-electron chi connectivity index (χ3n) is 3.71. The largest absolute Gasteiger partial charge is 0.480 e. The Hall–Kier alpha value is -2.17. The lowest BCUT2D eigenvalue weighted by atomic mass is 10.0. The summed E-state index contributed by atoms with van der Waals surface area (Å²) in [5.74, 6) is -0.844. The van der Waals surface area contributed by atoms with E-state index < -0.39 is 12.0 Å². The van der Waals surface area contributed by atoms with E-state index in [4.69, 9.17) is 4.74 Å². The summed E-state index contributed by atoms with van der Waals surface area (Å²) < 4.78 is 5.25. The number of ether oxygens (including phenoxy) is 1. The first kappa shape index (κ1) is 17.2. The second kappa shape index (κ2) is 9.08. The average molecular weight is 313 g/mol. The van der Waals surface area contributed by atoms with Crippen molar-refractivity contribution in [3.8, 4) is 0 Å². The van der Waals surface area contributed by atoms with Crippen LogP contribution in [-0.4, -0.2) is 36.9 Å². The summed E-state index contributed by atoms with van der Waals surface area (Å²) in [4.78, 5) is 11.6. The Labute approximate surface area is 137 Å². The van der Waals surface area contributed by atoms with Crippen molar-refractivity contribution < 1.29 is 14.6 Å². The highest BCUT2D eigenvalue weighted by Crippen LogP contribution is 2.08. The quantitative estimate of drug-likeness (QED) is 0.747. The van der Waals surface area contributed by atoms with Gasteiger partial charge >= 0.3 is 5.97 Å². The van der Waals surface area contributed by atoms with Crippen LogP contribution in [0, 0.1) is 0 Å². The van der Waals surface area contributed by atoms with Crippen molar-refractivity contribution in [3.63, 3.8) is 0 Å². The molecule has 0 radical (unpaired) electrons. The Morgan fingerprint density at radius 2 is 1.52 bits per heavy atom. The predicted molar refractivity (Wildman–Crippen MR) is 90.5 cm³/mol. The first-order valence-electron chi connectivity index (χ1n) is 7.74. The fourth-order valence-electron chi connectivity index (χ4n) is 2.62. The Bertz CT molecular complexity index is 586. The van der Waals surface area contributed by atoms with Gasteiger partial charge in [0.25, 0.3) is 0 Å². The molecule has 0 saturated heterocycles. The van der Waals surface area contributed by atoms with Gasteiger partial charge in [-0.15, -0.1) is 0 Å². The fourth-order valence-corrected chi connectivity index (χ4v) is 2.62. The van der Waals surface area contributed by atoms with Crippen molar-refractivity contribution in [3.05, 3.63) is 71.8 Å². The van der Waals surface area contributed by atoms with Gasteiger partial charge in [-0.25, -0.2) is 0 Å². The zero-order chi connectivity index (χ0) is 16.5. The minimum Gasteiger partial charge on any atom is -0.480 e. The van der Waals surface area contributed by atoms with E-state index in [2.05, 4.69) is 5.32 Å². The molecule has 0 fully saturated rings. The molecule has 1 unspecified atom stereocenters. The number of carbonyl (C=O) groups is 1. The summed E-state index contributed by atoms with van der Waals surface area (Å²) in [6.07, 6.45) is 1.18. The monoisotopic (exact) mass is 313 g/mol. The number of hydrogen-bond donors (Lipinski definition) is 2. The number of carboxylic acid groups (broad SMARTS) is 1. The number of rotatable bonds is 9. The van der Waals surface area contributed by atoms with Crippen LogP contribution in [0.25, 0.3) is 0 Å². The Morgan fingerprint density at radius 3 is 2.00 bits per heavy atom. The third-order valence-corrected chi connectivity index (χ3v) is 3.71. The predicted octanol–water partition coefficient (Wildman–Crippen LogP) is 2.53. The molecule has 0 spiro atoms. The molecule has 0 saturated carbocycles. The molecule has 4 nitrogen and oxygen atoms in total. The number of benzene rings is 2. The van der Waals surface area contributed by atoms with Crippen LogP contribution in [0.15, 0.2) is 60.7 Å². The van der Waals surface area contributed by atoms with Crippen LogP contribution in [-0.2, 0) is 22.4 Å². The van der Waals surface area contributed by atoms with Gasteiger partial charge in [0.2, 0.25) is 0 Å². The lowest BCUT2D eigenvalue weighted by Crippen LogP contribution is -2.47. The molecule has 2 aromatic rings. The van der Waals surface area contributed by atoms with Gasteiger partial charge in [-0.05, 0) is 24.0 Å². The van der Waals surface area contributed by atoms with Crippen LogP contribution in [0.4, 0.5) is 0 Å². The van der Waals surface area contributed by atoms with E-state index in [0.29, 0.717) is 13.0 Å². The lowest BCUT2D eigenvalue weighted by molar-refractivity contribution is -0.139. The van der Waals surface area contributed by atoms with Crippen LogP contribution < -0.4 is 5.32 Å². The fraction of sp³-hybridized carbons (Fsp3) is 0.316. The standard InChI is InChI=1S/C19H23NO3/c1-23-14-17(12-15-8-4-2-5-9-15)20-18(19(21)22)13-16-10-6-3-7-11-16/h2-11,17-18,20H,12-14H2,1H3,(H,21,22)/t17?,18-/m0/s1. The molecule has 0 aliphatic rings. The molecule has 23 heavy (non-hydrogen) atoms. The van der Waals surface area contributed by atoms with Crippen molar-refractivity contribution >= 4 is 5.97 Å². The Morgan fingerprint density at radius 1 is 1.00 bits per heavy atom. The van der Waals surface area contributed by atoms with Crippen LogP contribution in [0.3, 0.4) is 0 Å². The summed E-state index contributed by atoms with van der Waals surface area (Å²) >= 11 is 0. The van der Waals surface area contributed by atoms with Gasteiger partial charge in [-0.1, -0.05) is 60.7 Å². The zero-order valence-corrected chi connectivity index (χ0v) is 13.3. The number of aliphatic carboxylic acids is 1. The Kier molecular flexibility index (Phi) is 6.78. The van der Waals surface area contributed by atoms with E-state index in [0.717, 1.165) is 17.5 Å². The second-order valence-electron chi connectivity index (χ2n) is 5.59. The molecule has 2 aromatic carbocycles. The summed E-state index contributed by atoms with van der Waals surface area (Å²) in [5, 5.41) is 12.7. The highest BCUT2D eigenvalue weighted by molar-refractivity contribution is 5.74. The number of hydrogen-bond acceptors (Lipinski definition) is 3. The highest BCUT2D eigenvalue weighted by atomic mass is 16.5. The van der Waals surface area contributed by atoms with Gasteiger partial charge in [0.1, 0.15) is 6.04 Å². The zero-order valence-electron chi connectivity index (χ0n) is 13.3. The van der Waals surface area contributed by atoms with E-state index in [9.17, 15) is 9.90 Å². The van der Waals surface area contributed by atoms with Crippen LogP contribution >= 0.6 is 0 Å². The van der Waals surface area contributed by atoms with Crippen molar-refractivity contribution in [2.75, 3.05) is 13.7 Å². The maximum atomic E-state index is 11.6. The summed E-state index contributed by atoms with van der Waals surface area (Å²) in [6.45, 7) is 0.466. The van der Waals surface area contributed by atoms with E-state index in [1.807, 2.05) is 60.7 Å². The summed E-state index contributed by atoms with van der Waals surface area (Å²) in [7, 11) is 1.63. The van der Waals surface area contributed by atoms with E-state index in [1.54, 1.807) is 7.11 Å². The normalized spacial score (nSPS) is 13.4. The summed E-state index contributed by atoms with van der Waals surface area (Å²) in [6, 6.07) is 19.0.